The lowest BCUT2D eigenvalue weighted by atomic mass is 10.4. The highest BCUT2D eigenvalue weighted by Crippen LogP contribution is 2.36. The lowest BCUT2D eigenvalue weighted by molar-refractivity contribution is 0.0605. The number of thiophene rings is 2. The predicted octanol–water partition coefficient (Wildman–Crippen LogP) is 3.35. The average molecular weight is 324 g/mol. The first kappa shape index (κ1) is 9.42. The summed E-state index contributed by atoms with van der Waals surface area (Å²) in [4.78, 5) is 12.0. The van der Waals surface area contributed by atoms with Gasteiger partial charge in [0, 0.05) is 4.70 Å². The molecule has 0 radical (unpaired) electrons. The maximum absolute atomic E-state index is 11.3. The third-order valence-corrected chi connectivity index (χ3v) is 5.62. The Kier molecular flexibility index (Phi) is 2.57. The minimum Gasteiger partial charge on any atom is -0.465 e. The Balaban J connectivity index is 2.64. The molecule has 0 saturated carbocycles. The van der Waals surface area contributed by atoms with Crippen LogP contribution in [0.15, 0.2) is 11.4 Å². The zero-order chi connectivity index (χ0) is 9.42. The molecule has 0 aliphatic heterocycles. The second-order valence-electron chi connectivity index (χ2n) is 2.35. The maximum atomic E-state index is 11.3. The van der Waals surface area contributed by atoms with Crippen molar-refractivity contribution in [3.8, 4) is 0 Å². The Labute approximate surface area is 96.7 Å². The van der Waals surface area contributed by atoms with Gasteiger partial charge in [0.25, 0.3) is 0 Å². The van der Waals surface area contributed by atoms with Gasteiger partial charge in [-0.2, -0.15) is 0 Å². The third-order valence-electron chi connectivity index (χ3n) is 1.61. The highest BCUT2D eigenvalue weighted by atomic mass is 127. The van der Waals surface area contributed by atoms with Crippen molar-refractivity contribution in [2.24, 2.45) is 0 Å². The van der Waals surface area contributed by atoms with E-state index in [9.17, 15) is 4.79 Å². The Morgan fingerprint density at radius 1 is 1.62 bits per heavy atom. The Bertz CT molecular complexity index is 458. The topological polar surface area (TPSA) is 26.3 Å². The Hall–Kier alpha value is -0.140. The summed E-state index contributed by atoms with van der Waals surface area (Å²) in [6.45, 7) is 0. The fraction of sp³-hybridized carbons (Fsp3) is 0.125. The molecule has 0 atom stereocenters. The molecule has 13 heavy (non-hydrogen) atoms. The largest absolute Gasteiger partial charge is 0.465 e. The highest BCUT2D eigenvalue weighted by molar-refractivity contribution is 14.1. The molecule has 2 aromatic rings. The molecule has 2 rings (SSSR count). The molecule has 2 nitrogen and oxygen atoms in total. The minimum atomic E-state index is -0.238. The molecule has 0 saturated heterocycles. The van der Waals surface area contributed by atoms with Gasteiger partial charge in [0.2, 0.25) is 0 Å². The van der Waals surface area contributed by atoms with E-state index in [0.717, 1.165) is 8.27 Å². The van der Waals surface area contributed by atoms with Gasteiger partial charge in [0.15, 0.2) is 0 Å². The van der Waals surface area contributed by atoms with Gasteiger partial charge < -0.3 is 4.74 Å². The Morgan fingerprint density at radius 3 is 3.00 bits per heavy atom. The molecule has 5 heteroatoms. The number of methoxy groups -OCH3 is 1. The number of carbonyl (C=O) groups excluding carboxylic acids is 1. The van der Waals surface area contributed by atoms with Crippen molar-refractivity contribution in [1.82, 2.24) is 0 Å². The maximum Gasteiger partial charge on any atom is 0.349 e. The molecule has 0 aromatic carbocycles. The van der Waals surface area contributed by atoms with Gasteiger partial charge >= 0.3 is 5.97 Å². The van der Waals surface area contributed by atoms with Crippen LogP contribution in [0.4, 0.5) is 0 Å². The average Bonchev–Trinajstić information content (AvgIpc) is 2.68. The lowest BCUT2D eigenvalue weighted by Gasteiger charge is -1.93. The van der Waals surface area contributed by atoms with Crippen molar-refractivity contribution >= 4 is 60.6 Å². The van der Waals surface area contributed by atoms with E-state index in [2.05, 4.69) is 27.3 Å². The molecular formula is C8H5IO2S2. The summed E-state index contributed by atoms with van der Waals surface area (Å²) in [7, 11) is 1.41. The van der Waals surface area contributed by atoms with Crippen LogP contribution in [0, 0.1) is 3.57 Å². The van der Waals surface area contributed by atoms with Crippen LogP contribution < -0.4 is 0 Å². The van der Waals surface area contributed by atoms with Gasteiger partial charge in [-0.3, -0.25) is 0 Å². The second-order valence-corrected chi connectivity index (χ2v) is 5.40. The summed E-state index contributed by atoms with van der Waals surface area (Å²) < 4.78 is 8.05. The quantitative estimate of drug-likeness (QED) is 0.594. The van der Waals surface area contributed by atoms with E-state index < -0.39 is 0 Å². The minimum absolute atomic E-state index is 0.238. The molecule has 68 valence electrons. The summed E-state index contributed by atoms with van der Waals surface area (Å²) in [5, 5.41) is 2.03. The number of carbonyl (C=O) groups is 1. The van der Waals surface area contributed by atoms with Crippen LogP contribution in [-0.2, 0) is 4.74 Å². The van der Waals surface area contributed by atoms with E-state index in [4.69, 9.17) is 0 Å². The third kappa shape index (κ3) is 1.49. The number of halogens is 1. The van der Waals surface area contributed by atoms with Crippen molar-refractivity contribution in [1.29, 1.82) is 0 Å². The van der Waals surface area contributed by atoms with Gasteiger partial charge in [0.05, 0.1) is 15.4 Å². The van der Waals surface area contributed by atoms with Gasteiger partial charge in [0.1, 0.15) is 4.88 Å². The smallest absolute Gasteiger partial charge is 0.349 e. The first-order valence-corrected chi connectivity index (χ1v) is 6.25. The molecule has 2 heterocycles. The van der Waals surface area contributed by atoms with E-state index in [1.165, 1.54) is 23.1 Å². The summed E-state index contributed by atoms with van der Waals surface area (Å²) >= 11 is 5.34. The van der Waals surface area contributed by atoms with Gasteiger partial charge in [-0.15, -0.1) is 22.7 Å². The second kappa shape index (κ2) is 3.55. The molecular weight excluding hydrogens is 319 g/mol. The fourth-order valence-corrected chi connectivity index (χ4v) is 4.48. The van der Waals surface area contributed by atoms with Crippen molar-refractivity contribution in [2.45, 2.75) is 0 Å². The first-order valence-electron chi connectivity index (χ1n) is 3.48. The molecule has 0 aliphatic rings. The zero-order valence-electron chi connectivity index (χ0n) is 6.67. The molecule has 0 fully saturated rings. The molecule has 0 unspecified atom stereocenters. The van der Waals surface area contributed by atoms with Gasteiger partial charge in [-0.05, 0) is 34.0 Å². The summed E-state index contributed by atoms with van der Waals surface area (Å²) in [5.41, 5.74) is 0. The predicted molar refractivity (Wildman–Crippen MR) is 63.8 cm³/mol. The standard InChI is InChI=1S/C8H5IO2S2/c1-11-8(10)7-5(9)6-4(13-7)2-3-12-6/h2-3H,1H3. The Morgan fingerprint density at radius 2 is 2.38 bits per heavy atom. The van der Waals surface area contributed by atoms with Crippen LogP contribution in [0.5, 0.6) is 0 Å². The summed E-state index contributed by atoms with van der Waals surface area (Å²) in [6.07, 6.45) is 0. The molecule has 0 spiro atoms. The van der Waals surface area contributed by atoms with Crippen LogP contribution in [0.1, 0.15) is 9.67 Å². The number of ether oxygens (including phenoxy) is 1. The van der Waals surface area contributed by atoms with Crippen molar-refractivity contribution in [3.63, 3.8) is 0 Å². The van der Waals surface area contributed by atoms with Crippen LogP contribution in [0.3, 0.4) is 0 Å². The molecule has 0 bridgehead atoms. The molecule has 2 aromatic heterocycles. The van der Waals surface area contributed by atoms with Crippen molar-refractivity contribution < 1.29 is 9.53 Å². The highest BCUT2D eigenvalue weighted by Gasteiger charge is 2.17. The van der Waals surface area contributed by atoms with E-state index in [0.29, 0.717) is 4.88 Å². The fourth-order valence-electron chi connectivity index (χ4n) is 1.02. The van der Waals surface area contributed by atoms with Crippen LogP contribution in [0.25, 0.3) is 9.40 Å². The van der Waals surface area contributed by atoms with Gasteiger partial charge in [-0.1, -0.05) is 0 Å². The van der Waals surface area contributed by atoms with E-state index >= 15 is 0 Å². The number of hydrogen-bond acceptors (Lipinski definition) is 4. The summed E-state index contributed by atoms with van der Waals surface area (Å²) in [6, 6.07) is 2.03. The lowest BCUT2D eigenvalue weighted by Crippen LogP contribution is -1.99. The van der Waals surface area contributed by atoms with Crippen LogP contribution >= 0.6 is 45.3 Å². The normalized spacial score (nSPS) is 10.6. The number of esters is 1. The molecule has 0 aliphatic carbocycles. The van der Waals surface area contributed by atoms with Crippen molar-refractivity contribution in [2.75, 3.05) is 7.11 Å². The van der Waals surface area contributed by atoms with Gasteiger partial charge in [-0.25, -0.2) is 4.79 Å². The number of fused-ring (bicyclic) bond motifs is 1. The number of rotatable bonds is 1. The molecule has 0 N–H and O–H groups in total. The van der Waals surface area contributed by atoms with E-state index in [1.807, 2.05) is 11.4 Å². The van der Waals surface area contributed by atoms with E-state index in [-0.39, 0.29) is 5.97 Å². The van der Waals surface area contributed by atoms with E-state index in [1.54, 1.807) is 11.3 Å². The summed E-state index contributed by atoms with van der Waals surface area (Å²) in [5.74, 6) is -0.238. The van der Waals surface area contributed by atoms with Crippen LogP contribution in [0.2, 0.25) is 0 Å². The number of hydrogen-bond donors (Lipinski definition) is 0. The first-order chi connectivity index (χ1) is 6.24. The van der Waals surface area contributed by atoms with Crippen LogP contribution in [-0.4, -0.2) is 13.1 Å². The SMILES string of the molecule is COC(=O)c1sc2ccsc2c1I. The monoisotopic (exact) mass is 324 g/mol. The zero-order valence-corrected chi connectivity index (χ0v) is 10.5. The molecule has 0 amide bonds. The van der Waals surface area contributed by atoms with Crippen molar-refractivity contribution in [3.05, 3.63) is 19.9 Å².